The van der Waals surface area contributed by atoms with E-state index in [4.69, 9.17) is 19.4 Å². The highest BCUT2D eigenvalue weighted by molar-refractivity contribution is 7.25. The minimum absolute atomic E-state index is 0.490. The molecule has 63 heavy (non-hydrogen) atoms. The molecule has 0 spiro atoms. The van der Waals surface area contributed by atoms with E-state index in [1.54, 1.807) is 11.3 Å². The van der Waals surface area contributed by atoms with E-state index in [0.29, 0.717) is 17.5 Å². The lowest BCUT2D eigenvalue weighted by molar-refractivity contribution is 0.669. The normalized spacial score (nSPS) is 12.9. The maximum absolute atomic E-state index is 6.63. The van der Waals surface area contributed by atoms with Crippen LogP contribution in [0.1, 0.15) is 22.3 Å². The standard InChI is InChI=1S/C58H35N3OS/c1-4-16-36(17-5-1)55-59-56(61-57(60-55)45-25-15-29-52-54(45)43-23-11-13-28-51(43)63-52)44-24-14-27-50-53(44)46-34-37(31-33-49(46)62-50)38-30-32-42-41-22-10-12-26-47(41)58(48(42)35-38,39-18-6-2-7-19-39)40-20-8-3-9-21-40/h1-35H. The molecule has 13 rings (SSSR count). The van der Waals surface area contributed by atoms with Crippen molar-refractivity contribution in [2.45, 2.75) is 5.41 Å². The van der Waals surface area contributed by atoms with Crippen molar-refractivity contribution in [3.05, 3.63) is 235 Å². The van der Waals surface area contributed by atoms with E-state index < -0.39 is 5.41 Å². The van der Waals surface area contributed by atoms with Gasteiger partial charge in [0.25, 0.3) is 0 Å². The van der Waals surface area contributed by atoms with Crippen molar-refractivity contribution in [2.75, 3.05) is 0 Å². The van der Waals surface area contributed by atoms with E-state index in [1.807, 2.05) is 30.3 Å². The Balaban J connectivity index is 1.02. The van der Waals surface area contributed by atoms with E-state index >= 15 is 0 Å². The summed E-state index contributed by atoms with van der Waals surface area (Å²) in [4.78, 5) is 15.7. The lowest BCUT2D eigenvalue weighted by Crippen LogP contribution is -2.28. The third-order valence-corrected chi connectivity index (χ3v) is 14.0. The van der Waals surface area contributed by atoms with Gasteiger partial charge in [-0.25, -0.2) is 15.0 Å². The average Bonchev–Trinajstić information content (AvgIpc) is 4.03. The molecule has 1 aliphatic carbocycles. The molecule has 0 unspecified atom stereocenters. The smallest absolute Gasteiger partial charge is 0.164 e. The topological polar surface area (TPSA) is 51.8 Å². The Labute approximate surface area is 367 Å². The predicted molar refractivity (Wildman–Crippen MR) is 259 cm³/mol. The van der Waals surface area contributed by atoms with Crippen LogP contribution < -0.4 is 0 Å². The minimum atomic E-state index is -0.490. The van der Waals surface area contributed by atoms with Crippen LogP contribution in [0.4, 0.5) is 0 Å². The Morgan fingerprint density at radius 2 is 0.921 bits per heavy atom. The molecule has 3 heterocycles. The molecular formula is C58H35N3OS. The van der Waals surface area contributed by atoms with Crippen LogP contribution in [0.3, 0.4) is 0 Å². The van der Waals surface area contributed by atoms with Gasteiger partial charge in [0.1, 0.15) is 11.2 Å². The summed E-state index contributed by atoms with van der Waals surface area (Å²) in [5.41, 5.74) is 13.7. The van der Waals surface area contributed by atoms with Crippen LogP contribution in [0.25, 0.3) is 98.5 Å². The van der Waals surface area contributed by atoms with E-state index in [1.165, 1.54) is 48.2 Å². The maximum atomic E-state index is 6.63. The van der Waals surface area contributed by atoms with Crippen molar-refractivity contribution in [2.24, 2.45) is 0 Å². The molecule has 0 saturated heterocycles. The van der Waals surface area contributed by atoms with Gasteiger partial charge >= 0.3 is 0 Å². The number of rotatable bonds is 6. The number of hydrogen-bond donors (Lipinski definition) is 0. The molecule has 294 valence electrons. The van der Waals surface area contributed by atoms with Gasteiger partial charge in [0.15, 0.2) is 17.5 Å². The molecule has 12 aromatic rings. The van der Waals surface area contributed by atoms with Crippen molar-refractivity contribution in [3.8, 4) is 56.4 Å². The third kappa shape index (κ3) is 5.43. The number of hydrogen-bond acceptors (Lipinski definition) is 5. The van der Waals surface area contributed by atoms with Crippen LogP contribution in [0, 0.1) is 0 Å². The zero-order valence-electron chi connectivity index (χ0n) is 33.9. The molecular weight excluding hydrogens is 787 g/mol. The number of nitrogens with zero attached hydrogens (tertiary/aromatic N) is 3. The molecule has 0 N–H and O–H groups in total. The second-order valence-electron chi connectivity index (χ2n) is 16.2. The molecule has 5 heteroatoms. The Morgan fingerprint density at radius 1 is 0.349 bits per heavy atom. The number of thiophene rings is 1. The van der Waals surface area contributed by atoms with E-state index in [2.05, 4.69) is 182 Å². The van der Waals surface area contributed by atoms with Crippen molar-refractivity contribution < 1.29 is 4.42 Å². The summed E-state index contributed by atoms with van der Waals surface area (Å²) in [7, 11) is 0. The van der Waals surface area contributed by atoms with Crippen LogP contribution in [0.15, 0.2) is 217 Å². The molecule has 3 aromatic heterocycles. The van der Waals surface area contributed by atoms with Crippen molar-refractivity contribution >= 4 is 53.4 Å². The highest BCUT2D eigenvalue weighted by atomic mass is 32.1. The molecule has 0 amide bonds. The molecule has 4 nitrogen and oxygen atoms in total. The first kappa shape index (κ1) is 35.7. The van der Waals surface area contributed by atoms with Gasteiger partial charge in [0, 0.05) is 47.6 Å². The second kappa shape index (κ2) is 14.0. The summed E-state index contributed by atoms with van der Waals surface area (Å²) in [5.74, 6) is 1.86. The van der Waals surface area contributed by atoms with Crippen molar-refractivity contribution in [1.29, 1.82) is 0 Å². The molecule has 0 bridgehead atoms. The summed E-state index contributed by atoms with van der Waals surface area (Å²) in [6.45, 7) is 0. The molecule has 0 aliphatic heterocycles. The predicted octanol–water partition coefficient (Wildman–Crippen LogP) is 15.2. The Kier molecular flexibility index (Phi) is 7.96. The number of aromatic nitrogens is 3. The molecule has 0 saturated carbocycles. The number of fused-ring (bicyclic) bond motifs is 9. The van der Waals surface area contributed by atoms with Gasteiger partial charge in [-0.3, -0.25) is 0 Å². The van der Waals surface area contributed by atoms with Crippen LogP contribution >= 0.6 is 11.3 Å². The van der Waals surface area contributed by atoms with Crippen LogP contribution in [0.2, 0.25) is 0 Å². The van der Waals surface area contributed by atoms with Gasteiger partial charge in [0.05, 0.1) is 5.41 Å². The van der Waals surface area contributed by atoms with E-state index in [0.717, 1.165) is 55.1 Å². The van der Waals surface area contributed by atoms with Crippen LogP contribution in [-0.4, -0.2) is 15.0 Å². The lowest BCUT2D eigenvalue weighted by atomic mass is 9.67. The van der Waals surface area contributed by atoms with Crippen molar-refractivity contribution in [1.82, 2.24) is 15.0 Å². The van der Waals surface area contributed by atoms with E-state index in [-0.39, 0.29) is 0 Å². The quantitative estimate of drug-likeness (QED) is 0.168. The summed E-state index contributed by atoms with van der Waals surface area (Å²) in [5, 5.41) is 4.34. The average molecular weight is 822 g/mol. The highest BCUT2D eigenvalue weighted by Gasteiger charge is 2.46. The third-order valence-electron chi connectivity index (χ3n) is 12.8. The monoisotopic (exact) mass is 821 g/mol. The van der Waals surface area contributed by atoms with Crippen LogP contribution in [0.5, 0.6) is 0 Å². The first-order valence-electron chi connectivity index (χ1n) is 21.3. The zero-order valence-corrected chi connectivity index (χ0v) is 34.7. The Hall–Kier alpha value is -7.99. The zero-order chi connectivity index (χ0) is 41.5. The summed E-state index contributed by atoms with van der Waals surface area (Å²) in [6, 6.07) is 75.7. The number of benzene rings is 9. The fourth-order valence-corrected chi connectivity index (χ4v) is 11.2. The highest BCUT2D eigenvalue weighted by Crippen LogP contribution is 2.57. The van der Waals surface area contributed by atoms with Gasteiger partial charge < -0.3 is 4.42 Å². The SMILES string of the molecule is c1ccc(-c2nc(-c3cccc4oc5ccc(-c6ccc7c(c6)C(c6ccccc6)(c6ccccc6)c6ccccc6-7)cc5c34)nc(-c3cccc4sc5ccccc5c34)n2)cc1. The van der Waals surface area contributed by atoms with Gasteiger partial charge in [-0.05, 0) is 80.9 Å². The Bertz CT molecular complexity index is 3700. The molecule has 0 fully saturated rings. The number of furan rings is 1. The summed E-state index contributed by atoms with van der Waals surface area (Å²) in [6.07, 6.45) is 0. The largest absolute Gasteiger partial charge is 0.456 e. The first-order chi connectivity index (χ1) is 31.2. The van der Waals surface area contributed by atoms with E-state index in [9.17, 15) is 0 Å². The second-order valence-corrected chi connectivity index (χ2v) is 17.3. The van der Waals surface area contributed by atoms with Gasteiger partial charge in [-0.15, -0.1) is 11.3 Å². The maximum Gasteiger partial charge on any atom is 0.164 e. The Morgan fingerprint density at radius 3 is 1.70 bits per heavy atom. The molecule has 1 aliphatic rings. The minimum Gasteiger partial charge on any atom is -0.456 e. The fourth-order valence-electron chi connectivity index (χ4n) is 10.1. The van der Waals surface area contributed by atoms with Gasteiger partial charge in [0.2, 0.25) is 0 Å². The van der Waals surface area contributed by atoms with Crippen LogP contribution in [-0.2, 0) is 5.41 Å². The molecule has 0 radical (unpaired) electrons. The van der Waals surface area contributed by atoms with Gasteiger partial charge in [-0.1, -0.05) is 176 Å². The van der Waals surface area contributed by atoms with Crippen molar-refractivity contribution in [3.63, 3.8) is 0 Å². The molecule has 9 aromatic carbocycles. The fraction of sp³-hybridized carbons (Fsp3) is 0.0172. The van der Waals surface area contributed by atoms with Gasteiger partial charge in [-0.2, -0.15) is 0 Å². The summed E-state index contributed by atoms with van der Waals surface area (Å²) < 4.78 is 9.07. The first-order valence-corrected chi connectivity index (χ1v) is 22.1. The lowest BCUT2D eigenvalue weighted by Gasteiger charge is -2.34. The summed E-state index contributed by atoms with van der Waals surface area (Å²) >= 11 is 1.79. The molecule has 0 atom stereocenters.